The Labute approximate surface area is 384 Å². The van der Waals surface area contributed by atoms with E-state index in [9.17, 15) is 19.2 Å². The van der Waals surface area contributed by atoms with Crippen molar-refractivity contribution in [1.82, 2.24) is 19.9 Å². The van der Waals surface area contributed by atoms with E-state index in [0.29, 0.717) is 55.1 Å². The fraction of sp³-hybridized carbons (Fsp3) is 0.864. The molecular weight excluding hydrogens is 830 g/mol. The van der Waals surface area contributed by atoms with E-state index in [2.05, 4.69) is 95.2 Å². The summed E-state index contributed by atoms with van der Waals surface area (Å²) in [6.07, 6.45) is 5.39. The minimum absolute atomic E-state index is 0.0236. The predicted molar refractivity (Wildman–Crippen MR) is 255 cm³/mol. The number of hydrogen-bond donors (Lipinski definition) is 0. The Morgan fingerprint density at radius 2 is 1.31 bits per heavy atom. The summed E-state index contributed by atoms with van der Waals surface area (Å²) in [5.41, 5.74) is 0.0685. The zero-order valence-electron chi connectivity index (χ0n) is 41.1. The number of aromatic nitrogens is 3. The first-order valence-electron chi connectivity index (χ1n) is 22.6. The maximum absolute atomic E-state index is 12.8. The maximum Gasteiger partial charge on any atom is 0.309 e. The Morgan fingerprint density at radius 3 is 1.79 bits per heavy atom. The van der Waals surface area contributed by atoms with Crippen molar-refractivity contribution in [1.29, 1.82) is 0 Å². The van der Waals surface area contributed by atoms with E-state index < -0.39 is 11.9 Å². The van der Waals surface area contributed by atoms with Crippen LogP contribution in [0.4, 0.5) is 0 Å². The number of rotatable bonds is 34. The molecule has 0 aliphatic heterocycles. The molecule has 5 unspecified atom stereocenters. The molecule has 5 atom stereocenters. The molecular formula is C44H82B2N4O10S2. The second-order valence-corrected chi connectivity index (χ2v) is 22.6. The first-order chi connectivity index (χ1) is 28.8. The summed E-state index contributed by atoms with van der Waals surface area (Å²) in [5.74, 6) is 0.225. The van der Waals surface area contributed by atoms with Crippen LogP contribution in [-0.2, 0) is 60.7 Å². The number of methoxy groups -OCH3 is 1. The summed E-state index contributed by atoms with van der Waals surface area (Å²) < 4.78 is 35.3. The van der Waals surface area contributed by atoms with E-state index in [1.54, 1.807) is 35.3 Å². The largest absolute Gasteiger partial charge is 0.462 e. The van der Waals surface area contributed by atoms with Crippen molar-refractivity contribution in [3.8, 4) is 0 Å². The quantitative estimate of drug-likeness (QED) is 0.0355. The third-order valence-electron chi connectivity index (χ3n) is 11.2. The van der Waals surface area contributed by atoms with Gasteiger partial charge in [0.25, 0.3) is 0 Å². The van der Waals surface area contributed by atoms with Crippen molar-refractivity contribution in [3.05, 3.63) is 11.9 Å². The average Bonchev–Trinajstić information content (AvgIpc) is 3.65. The summed E-state index contributed by atoms with van der Waals surface area (Å²) >= 11 is 3.51. The Hall–Kier alpha value is -2.27. The van der Waals surface area contributed by atoms with E-state index in [0.717, 1.165) is 19.3 Å². The van der Waals surface area contributed by atoms with Gasteiger partial charge in [-0.25, -0.2) is 0 Å². The van der Waals surface area contributed by atoms with Gasteiger partial charge in [0.05, 0.1) is 36.0 Å². The fourth-order valence-corrected chi connectivity index (χ4v) is 8.44. The van der Waals surface area contributed by atoms with Crippen LogP contribution < -0.4 is 0 Å². The van der Waals surface area contributed by atoms with Crippen molar-refractivity contribution in [3.63, 3.8) is 0 Å². The number of ether oxygens (including phenoxy) is 6. The number of nitrogens with zero attached hydrogens (tertiary/aromatic N) is 4. The molecule has 0 amide bonds. The number of esters is 4. The van der Waals surface area contributed by atoms with Crippen LogP contribution in [0.2, 0.25) is 5.82 Å². The SMILES string of the molecule is BC(C)C(C)(C)SCC(C)C(=O)OCCOC(=O)CCN(CCC(=O)OCCOC(=O)C(C)CSC(C)(C)CC(C)C)Cc1cn(CCC(B)(C)OCCC(C)(CC)OC)nn1. The summed E-state index contributed by atoms with van der Waals surface area (Å²) in [4.78, 5) is 52.6. The van der Waals surface area contributed by atoms with Gasteiger partial charge in [-0.05, 0) is 45.4 Å². The van der Waals surface area contributed by atoms with Crippen LogP contribution in [0.25, 0.3) is 0 Å². The molecule has 0 spiro atoms. The van der Waals surface area contributed by atoms with Crippen LogP contribution in [0.5, 0.6) is 0 Å². The second-order valence-electron chi connectivity index (χ2n) is 19.2. The average molecular weight is 913 g/mol. The molecule has 0 N–H and O–H groups in total. The molecule has 14 nitrogen and oxygen atoms in total. The first-order valence-corrected chi connectivity index (χ1v) is 24.5. The molecule has 0 aliphatic rings. The Kier molecular flexibility index (Phi) is 26.6. The molecule has 1 rings (SSSR count). The van der Waals surface area contributed by atoms with Gasteiger partial charge < -0.3 is 28.4 Å². The number of aryl methyl sites for hydroxylation is 1. The lowest BCUT2D eigenvalue weighted by Crippen LogP contribution is -2.34. The van der Waals surface area contributed by atoms with Crippen LogP contribution in [0, 0.1) is 17.8 Å². The molecule has 1 heterocycles. The molecule has 0 saturated heterocycles. The highest BCUT2D eigenvalue weighted by Crippen LogP contribution is 2.36. The molecule has 0 saturated carbocycles. The van der Waals surface area contributed by atoms with Gasteiger partial charge in [0, 0.05) is 72.6 Å². The minimum atomic E-state index is -0.454. The molecule has 1 aromatic heterocycles. The molecule has 18 heteroatoms. The zero-order chi connectivity index (χ0) is 47.1. The van der Waals surface area contributed by atoms with Crippen LogP contribution in [0.3, 0.4) is 0 Å². The minimum Gasteiger partial charge on any atom is -0.462 e. The molecule has 1 aromatic rings. The lowest BCUT2D eigenvalue weighted by Gasteiger charge is -2.30. The standard InChI is InChI=1S/C44H82B2N4O10S2/c1-14-43(11,55-13)18-22-60-44(12,46)17-21-50-29-36(47-48-50)28-49(20-16-38(52)57-24-26-59-40(54)34(5)31-62-42(9,10)35(6)45)19-15-37(51)56-23-25-58-39(53)33(4)30-61-41(7,8)27-32(2)3/h29,32-35H,14-28,30-31,45-46H2,1-13H3. The topological polar surface area (TPSA) is 158 Å². The van der Waals surface area contributed by atoms with E-state index in [1.807, 2.05) is 24.9 Å². The maximum atomic E-state index is 12.8. The molecule has 62 heavy (non-hydrogen) atoms. The third kappa shape index (κ3) is 25.3. The van der Waals surface area contributed by atoms with E-state index in [-0.39, 0.29) is 96.7 Å². The highest BCUT2D eigenvalue weighted by atomic mass is 32.2. The molecule has 0 fully saturated rings. The molecule has 0 radical (unpaired) electrons. The van der Waals surface area contributed by atoms with Crippen molar-refractivity contribution in [2.75, 3.05) is 64.7 Å². The Morgan fingerprint density at radius 1 is 0.790 bits per heavy atom. The van der Waals surface area contributed by atoms with E-state index in [1.165, 1.54) is 0 Å². The van der Waals surface area contributed by atoms with Crippen LogP contribution in [0.1, 0.15) is 127 Å². The first kappa shape index (κ1) is 57.7. The van der Waals surface area contributed by atoms with Crippen molar-refractivity contribution in [2.45, 2.75) is 161 Å². The third-order valence-corrected chi connectivity index (χ3v) is 14.7. The molecule has 0 aromatic carbocycles. The monoisotopic (exact) mass is 913 g/mol. The normalized spacial score (nSPS) is 15.7. The zero-order valence-corrected chi connectivity index (χ0v) is 42.7. The van der Waals surface area contributed by atoms with E-state index >= 15 is 0 Å². The van der Waals surface area contributed by atoms with Crippen LogP contribution in [0.15, 0.2) is 6.20 Å². The summed E-state index contributed by atoms with van der Waals surface area (Å²) in [6, 6.07) is 0. The van der Waals surface area contributed by atoms with Gasteiger partial charge in [-0.2, -0.15) is 23.5 Å². The van der Waals surface area contributed by atoms with Gasteiger partial charge >= 0.3 is 23.9 Å². The van der Waals surface area contributed by atoms with Crippen molar-refractivity contribution in [2.24, 2.45) is 17.8 Å². The fourth-order valence-electron chi connectivity index (χ4n) is 6.00. The number of hydrogen-bond acceptors (Lipinski definition) is 15. The van der Waals surface area contributed by atoms with Crippen LogP contribution >= 0.6 is 23.5 Å². The predicted octanol–water partition coefficient (Wildman–Crippen LogP) is 5.78. The Bertz CT molecular complexity index is 1480. The van der Waals surface area contributed by atoms with Gasteiger partial charge in [0.1, 0.15) is 42.1 Å². The highest BCUT2D eigenvalue weighted by molar-refractivity contribution is 8.00. The van der Waals surface area contributed by atoms with Gasteiger partial charge in [0.2, 0.25) is 0 Å². The Balaban J connectivity index is 2.74. The summed E-state index contributed by atoms with van der Waals surface area (Å²) in [5, 5.41) is 8.69. The molecule has 0 aliphatic carbocycles. The lowest BCUT2D eigenvalue weighted by atomic mass is 9.79. The number of thioether (sulfide) groups is 2. The summed E-state index contributed by atoms with van der Waals surface area (Å²) in [7, 11) is 5.95. The van der Waals surface area contributed by atoms with Gasteiger partial charge in [-0.3, -0.25) is 28.8 Å². The van der Waals surface area contributed by atoms with Crippen molar-refractivity contribution >= 4 is 63.1 Å². The van der Waals surface area contributed by atoms with Crippen molar-refractivity contribution < 1.29 is 47.6 Å². The lowest BCUT2D eigenvalue weighted by molar-refractivity contribution is -0.154. The molecule has 0 bridgehead atoms. The van der Waals surface area contributed by atoms with E-state index in [4.69, 9.17) is 28.4 Å². The number of carbonyl (C=O) groups excluding carboxylic acids is 4. The summed E-state index contributed by atoms with van der Waals surface area (Å²) in [6.45, 7) is 27.1. The molecule has 356 valence electrons. The van der Waals surface area contributed by atoms with Gasteiger partial charge in [0.15, 0.2) is 0 Å². The van der Waals surface area contributed by atoms with Gasteiger partial charge in [-0.15, -0.1) is 5.10 Å². The van der Waals surface area contributed by atoms with Gasteiger partial charge in [-0.1, -0.05) is 80.3 Å². The second kappa shape index (κ2) is 28.6. The highest BCUT2D eigenvalue weighted by Gasteiger charge is 2.27. The smallest absolute Gasteiger partial charge is 0.309 e. The van der Waals surface area contributed by atoms with Crippen LogP contribution in [-0.4, -0.2) is 145 Å². The number of carbonyl (C=O) groups is 4.